The smallest absolute Gasteiger partial charge is 0.375 e. The maximum Gasteiger partial charge on any atom is 0.375 e. The molecule has 1 aromatic heterocycles. The molecule has 0 spiro atoms. The third-order valence-corrected chi connectivity index (χ3v) is 3.40. The minimum atomic E-state index is -3.81. The van der Waals surface area contributed by atoms with Crippen LogP contribution in [0.4, 0.5) is 0 Å². The second-order valence-electron chi connectivity index (χ2n) is 3.57. The molecule has 96 valence electrons. The third kappa shape index (κ3) is 2.74. The van der Waals surface area contributed by atoms with Gasteiger partial charge >= 0.3 is 12.3 Å². The molecule has 1 heterocycles. The van der Waals surface area contributed by atoms with E-state index in [1.165, 1.54) is 12.1 Å². The molecule has 0 aliphatic heterocycles. The maximum atomic E-state index is 11.4. The monoisotopic (exact) mass is 306 g/mol. The number of halogens is 1. The Balaban J connectivity index is 2.63. The number of rotatable bonds is 2. The molecule has 8 heteroatoms. The average molecular weight is 307 g/mol. The summed E-state index contributed by atoms with van der Waals surface area (Å²) < 4.78 is 9.74. The molecule has 0 atom stereocenters. The minimum absolute atomic E-state index is 0.0191. The lowest BCUT2D eigenvalue weighted by atomic mass is 10.1. The van der Waals surface area contributed by atoms with E-state index in [0.29, 0.717) is 10.9 Å². The van der Waals surface area contributed by atoms with E-state index in [4.69, 9.17) is 30.3 Å². The summed E-state index contributed by atoms with van der Waals surface area (Å²) in [5, 5.41) is 0.654. The van der Waals surface area contributed by atoms with Gasteiger partial charge in [0.2, 0.25) is 0 Å². The second-order valence-corrected chi connectivity index (χ2v) is 6.54. The summed E-state index contributed by atoms with van der Waals surface area (Å²) in [4.78, 5) is 29.5. The van der Waals surface area contributed by atoms with Crippen LogP contribution in [0, 0.1) is 6.92 Å². The highest BCUT2D eigenvalue weighted by Gasteiger charge is 2.13. The van der Waals surface area contributed by atoms with Crippen molar-refractivity contribution >= 4 is 41.1 Å². The first-order valence-corrected chi connectivity index (χ1v) is 7.76. The molecular weight excluding hydrogens is 299 g/mol. The Labute approximate surface area is 112 Å². The van der Waals surface area contributed by atoms with E-state index in [2.05, 4.69) is 11.8 Å². The number of aryl methyl sites for hydroxylation is 1. The zero-order valence-electron chi connectivity index (χ0n) is 9.08. The van der Waals surface area contributed by atoms with Crippen molar-refractivity contribution in [1.29, 1.82) is 0 Å². The van der Waals surface area contributed by atoms with E-state index in [9.17, 15) is 4.79 Å². The third-order valence-electron chi connectivity index (χ3n) is 2.29. The Morgan fingerprint density at radius 3 is 2.72 bits per heavy atom. The highest BCUT2D eigenvalue weighted by molar-refractivity contribution is 8.06. The number of benzene rings is 1. The predicted octanol–water partition coefficient (Wildman–Crippen LogP) is 2.34. The minimum Gasteiger partial charge on any atom is -0.424 e. The quantitative estimate of drug-likeness (QED) is 0.655. The summed E-state index contributed by atoms with van der Waals surface area (Å²) in [5.74, 6) is 0.112. The molecule has 1 aromatic carbocycles. The van der Waals surface area contributed by atoms with Gasteiger partial charge < -0.3 is 18.7 Å². The normalized spacial score (nSPS) is 11.8. The van der Waals surface area contributed by atoms with E-state index in [-0.39, 0.29) is 16.4 Å². The van der Waals surface area contributed by atoms with Crippen LogP contribution < -0.4 is 10.1 Å². The molecule has 0 amide bonds. The first kappa shape index (κ1) is 13.5. The van der Waals surface area contributed by atoms with Crippen LogP contribution in [-0.4, -0.2) is 9.79 Å². The van der Waals surface area contributed by atoms with Crippen molar-refractivity contribution in [1.82, 2.24) is 0 Å². The molecule has 0 unspecified atom stereocenters. The van der Waals surface area contributed by atoms with Gasteiger partial charge in [0.05, 0.1) is 0 Å². The predicted molar refractivity (Wildman–Crippen MR) is 71.6 cm³/mol. The van der Waals surface area contributed by atoms with E-state index >= 15 is 0 Å². The van der Waals surface area contributed by atoms with Gasteiger partial charge in [0, 0.05) is 23.3 Å². The van der Waals surface area contributed by atoms with E-state index in [1.54, 1.807) is 13.0 Å². The largest absolute Gasteiger partial charge is 0.424 e. The van der Waals surface area contributed by atoms with Crippen LogP contribution in [0.2, 0.25) is 5.02 Å². The van der Waals surface area contributed by atoms with Crippen molar-refractivity contribution in [3.05, 3.63) is 39.2 Å². The lowest BCUT2D eigenvalue weighted by molar-refractivity contribution is 0.370. The first-order chi connectivity index (χ1) is 8.28. The fraction of sp³-hybridized carbons (Fsp3) is 0.100. The Hall–Kier alpha value is -0.910. The van der Waals surface area contributed by atoms with Gasteiger partial charge in [-0.25, -0.2) is 4.79 Å². The van der Waals surface area contributed by atoms with Gasteiger partial charge in [0.15, 0.2) is 0 Å². The zero-order valence-corrected chi connectivity index (χ0v) is 11.6. The Morgan fingerprint density at radius 2 is 2.11 bits per heavy atom. The van der Waals surface area contributed by atoms with Gasteiger partial charge in [0.1, 0.15) is 16.4 Å². The molecule has 0 saturated heterocycles. The fourth-order valence-electron chi connectivity index (χ4n) is 1.51. The maximum absolute atomic E-state index is 11.4. The lowest BCUT2D eigenvalue weighted by Crippen LogP contribution is -2.01. The molecule has 2 rings (SSSR count). The summed E-state index contributed by atoms with van der Waals surface area (Å²) in [6.07, 6.45) is 0. The van der Waals surface area contributed by atoms with Crippen LogP contribution in [0.5, 0.6) is 5.75 Å². The highest BCUT2D eigenvalue weighted by Crippen LogP contribution is 2.39. The van der Waals surface area contributed by atoms with Crippen LogP contribution in [0.3, 0.4) is 0 Å². The second kappa shape index (κ2) is 4.64. The van der Waals surface area contributed by atoms with Gasteiger partial charge in [0.25, 0.3) is 0 Å². The summed E-state index contributed by atoms with van der Waals surface area (Å²) >= 11 is 10.1. The molecule has 0 aliphatic carbocycles. The summed E-state index contributed by atoms with van der Waals surface area (Å²) in [5.41, 5.74) is 0.163. The van der Waals surface area contributed by atoms with Crippen LogP contribution in [0.15, 0.2) is 27.4 Å². The van der Waals surface area contributed by atoms with Gasteiger partial charge in [-0.2, -0.15) is 0 Å². The van der Waals surface area contributed by atoms with E-state index < -0.39 is 12.3 Å². The number of hydrogen-bond donors (Lipinski definition) is 2. The topological polar surface area (TPSA) is 79.9 Å². The van der Waals surface area contributed by atoms with Crippen LogP contribution in [0.25, 0.3) is 11.0 Å². The van der Waals surface area contributed by atoms with Crippen molar-refractivity contribution < 1.29 is 18.7 Å². The van der Waals surface area contributed by atoms with Crippen molar-refractivity contribution in [2.75, 3.05) is 0 Å². The zero-order chi connectivity index (χ0) is 13.5. The van der Waals surface area contributed by atoms with Gasteiger partial charge in [-0.3, -0.25) is 0 Å². The van der Waals surface area contributed by atoms with Crippen molar-refractivity contribution in [2.24, 2.45) is 0 Å². The molecule has 2 aromatic rings. The van der Waals surface area contributed by atoms with Crippen molar-refractivity contribution in [2.45, 2.75) is 6.92 Å². The Bertz CT molecular complexity index is 720. The molecule has 0 bridgehead atoms. The van der Waals surface area contributed by atoms with Gasteiger partial charge in [-0.15, -0.1) is 0 Å². The highest BCUT2D eigenvalue weighted by atomic mass is 35.5. The first-order valence-electron chi connectivity index (χ1n) is 4.76. The van der Waals surface area contributed by atoms with Gasteiger partial charge in [-0.1, -0.05) is 11.6 Å². The van der Waals surface area contributed by atoms with Gasteiger partial charge in [-0.05, 0) is 24.6 Å². The van der Waals surface area contributed by atoms with E-state index in [0.717, 1.165) is 0 Å². The standard InChI is InChI=1S/C10H8ClO5PS/c1-5-7-3-2-6(16-17(13,14)18)4-8(7)15-10(12)9(5)11/h2-4H,1H3,(H2,13,14,18). The van der Waals surface area contributed by atoms with Crippen molar-refractivity contribution in [3.8, 4) is 5.75 Å². The fourth-order valence-corrected chi connectivity index (χ4v) is 2.29. The average Bonchev–Trinajstić information content (AvgIpc) is 2.23. The summed E-state index contributed by atoms with van der Waals surface area (Å²) in [7, 11) is 0. The molecule has 0 aliphatic rings. The Morgan fingerprint density at radius 1 is 1.44 bits per heavy atom. The SMILES string of the molecule is Cc1c(Cl)c(=O)oc2cc(OP(O)(O)=S)ccc12. The van der Waals surface area contributed by atoms with Crippen LogP contribution in [0.1, 0.15) is 5.56 Å². The van der Waals surface area contributed by atoms with E-state index in [1.807, 2.05) is 0 Å². The lowest BCUT2D eigenvalue weighted by Gasteiger charge is -2.10. The molecule has 18 heavy (non-hydrogen) atoms. The van der Waals surface area contributed by atoms with Crippen LogP contribution >= 0.6 is 18.3 Å². The molecule has 0 saturated carbocycles. The van der Waals surface area contributed by atoms with Crippen molar-refractivity contribution in [3.63, 3.8) is 0 Å². The number of hydrogen-bond acceptors (Lipinski definition) is 4. The molecule has 0 fully saturated rings. The Kier molecular flexibility index (Phi) is 3.49. The molecular formula is C10H8ClO5PS. The molecule has 5 nitrogen and oxygen atoms in total. The molecule has 0 radical (unpaired) electrons. The number of fused-ring (bicyclic) bond motifs is 1. The molecule has 2 N–H and O–H groups in total. The summed E-state index contributed by atoms with van der Waals surface area (Å²) in [6.45, 7) is -2.13. The van der Waals surface area contributed by atoms with Crippen LogP contribution in [-0.2, 0) is 11.8 Å². The summed E-state index contributed by atoms with van der Waals surface area (Å²) in [6, 6.07) is 4.44.